The number of carbonyl (C=O) groups excluding carboxylic acids is 1. The van der Waals surface area contributed by atoms with E-state index in [-0.39, 0.29) is 27.9 Å². The maximum atomic E-state index is 13.9. The van der Waals surface area contributed by atoms with Crippen molar-refractivity contribution < 1.29 is 13.9 Å². The van der Waals surface area contributed by atoms with Gasteiger partial charge in [0, 0.05) is 6.20 Å². The highest BCUT2D eigenvalue weighted by Gasteiger charge is 2.23. The van der Waals surface area contributed by atoms with Crippen molar-refractivity contribution in [1.82, 2.24) is 4.98 Å². The Morgan fingerprint density at radius 2 is 2.15 bits per heavy atom. The standard InChI is InChI=1S/C15H22FNO2S/c1-10(20-5)13(18)12-14(11(16)6-8-17-12)19-9-7-15(2,3)4/h6,8,10H,7,9H2,1-5H3. The predicted octanol–water partition coefficient (Wildman–Crippen LogP) is 3.97. The van der Waals surface area contributed by atoms with Crippen molar-refractivity contribution in [3.8, 4) is 5.75 Å². The molecule has 0 spiro atoms. The molecule has 0 saturated carbocycles. The first-order chi connectivity index (χ1) is 9.26. The highest BCUT2D eigenvalue weighted by molar-refractivity contribution is 7.99. The van der Waals surface area contributed by atoms with Crippen LogP contribution < -0.4 is 4.74 Å². The number of pyridine rings is 1. The molecule has 112 valence electrons. The van der Waals surface area contributed by atoms with E-state index in [4.69, 9.17) is 4.74 Å². The van der Waals surface area contributed by atoms with Gasteiger partial charge in [-0.05, 0) is 31.1 Å². The van der Waals surface area contributed by atoms with Crippen LogP contribution in [-0.4, -0.2) is 28.9 Å². The largest absolute Gasteiger partial charge is 0.488 e. The third-order valence-electron chi connectivity index (χ3n) is 2.91. The lowest BCUT2D eigenvalue weighted by Crippen LogP contribution is -2.18. The molecule has 1 aromatic rings. The lowest BCUT2D eigenvalue weighted by atomic mass is 9.93. The first-order valence-electron chi connectivity index (χ1n) is 6.60. The Balaban J connectivity index is 2.91. The molecule has 5 heteroatoms. The molecule has 0 amide bonds. The monoisotopic (exact) mass is 299 g/mol. The quantitative estimate of drug-likeness (QED) is 0.745. The van der Waals surface area contributed by atoms with Crippen molar-refractivity contribution in [3.63, 3.8) is 0 Å². The summed E-state index contributed by atoms with van der Waals surface area (Å²) in [6.45, 7) is 8.38. The van der Waals surface area contributed by atoms with Crippen LogP contribution in [0, 0.1) is 11.2 Å². The van der Waals surface area contributed by atoms with E-state index in [1.165, 1.54) is 24.0 Å². The number of ketones is 1. The maximum absolute atomic E-state index is 13.9. The summed E-state index contributed by atoms with van der Waals surface area (Å²) in [5.41, 5.74) is 0.177. The molecule has 1 unspecified atom stereocenters. The lowest BCUT2D eigenvalue weighted by Gasteiger charge is -2.19. The fraction of sp³-hybridized carbons (Fsp3) is 0.600. The molecule has 0 aromatic carbocycles. The van der Waals surface area contributed by atoms with Crippen LogP contribution in [0.5, 0.6) is 5.75 Å². The number of rotatable bonds is 6. The summed E-state index contributed by atoms with van der Waals surface area (Å²) >= 11 is 1.40. The predicted molar refractivity (Wildman–Crippen MR) is 81.1 cm³/mol. The molecule has 0 radical (unpaired) electrons. The van der Waals surface area contributed by atoms with Crippen LogP contribution in [0.2, 0.25) is 0 Å². The molecule has 1 atom stereocenters. The Morgan fingerprint density at radius 3 is 2.70 bits per heavy atom. The van der Waals surface area contributed by atoms with Gasteiger partial charge < -0.3 is 4.74 Å². The van der Waals surface area contributed by atoms with Crippen LogP contribution in [0.3, 0.4) is 0 Å². The van der Waals surface area contributed by atoms with Gasteiger partial charge >= 0.3 is 0 Å². The minimum Gasteiger partial charge on any atom is -0.488 e. The third kappa shape index (κ3) is 4.78. The smallest absolute Gasteiger partial charge is 0.197 e. The van der Waals surface area contributed by atoms with Crippen LogP contribution in [0.1, 0.15) is 44.6 Å². The topological polar surface area (TPSA) is 39.2 Å². The van der Waals surface area contributed by atoms with Gasteiger partial charge in [0.15, 0.2) is 23.0 Å². The molecule has 0 aliphatic heterocycles. The van der Waals surface area contributed by atoms with Crippen LogP contribution in [0.4, 0.5) is 4.39 Å². The van der Waals surface area contributed by atoms with E-state index < -0.39 is 5.82 Å². The fourth-order valence-corrected chi connectivity index (χ4v) is 1.82. The van der Waals surface area contributed by atoms with Crippen LogP contribution in [0.15, 0.2) is 12.3 Å². The van der Waals surface area contributed by atoms with Gasteiger partial charge in [0.05, 0.1) is 11.9 Å². The number of halogens is 1. The molecule has 0 aliphatic carbocycles. The fourth-order valence-electron chi connectivity index (χ4n) is 1.50. The molecular formula is C15H22FNO2S. The number of thioether (sulfide) groups is 1. The number of aromatic nitrogens is 1. The SMILES string of the molecule is CSC(C)C(=O)c1nccc(F)c1OCCC(C)(C)C. The first-order valence-corrected chi connectivity index (χ1v) is 7.89. The normalized spacial score (nSPS) is 13.1. The van der Waals surface area contributed by atoms with Crippen molar-refractivity contribution in [2.75, 3.05) is 12.9 Å². The minimum atomic E-state index is -0.537. The number of ether oxygens (including phenoxy) is 1. The molecule has 3 nitrogen and oxygen atoms in total. The zero-order valence-electron chi connectivity index (χ0n) is 12.7. The Hall–Kier alpha value is -1.10. The van der Waals surface area contributed by atoms with Crippen molar-refractivity contribution in [2.24, 2.45) is 5.41 Å². The van der Waals surface area contributed by atoms with Gasteiger partial charge in [0.2, 0.25) is 0 Å². The summed E-state index contributed by atoms with van der Waals surface area (Å²) in [5.74, 6) is -0.768. The lowest BCUT2D eigenvalue weighted by molar-refractivity contribution is 0.0983. The third-order valence-corrected chi connectivity index (χ3v) is 3.83. The zero-order valence-corrected chi connectivity index (χ0v) is 13.5. The van der Waals surface area contributed by atoms with E-state index in [1.807, 2.05) is 6.26 Å². The second kappa shape index (κ2) is 7.07. The highest BCUT2D eigenvalue weighted by Crippen LogP contribution is 2.26. The van der Waals surface area contributed by atoms with Gasteiger partial charge in [0.1, 0.15) is 0 Å². The van der Waals surface area contributed by atoms with Gasteiger partial charge in [0.25, 0.3) is 0 Å². The van der Waals surface area contributed by atoms with E-state index >= 15 is 0 Å². The molecule has 1 rings (SSSR count). The van der Waals surface area contributed by atoms with Crippen molar-refractivity contribution in [3.05, 3.63) is 23.8 Å². The van der Waals surface area contributed by atoms with E-state index in [0.717, 1.165) is 6.42 Å². The summed E-state index contributed by atoms with van der Waals surface area (Å²) in [6.07, 6.45) is 3.90. The number of Topliss-reactive ketones (excluding diaryl/α,β-unsaturated/α-hetero) is 1. The van der Waals surface area contributed by atoms with E-state index in [9.17, 15) is 9.18 Å². The number of carbonyl (C=O) groups is 1. The second-order valence-electron chi connectivity index (χ2n) is 5.87. The molecular weight excluding hydrogens is 277 g/mol. The first kappa shape index (κ1) is 17.0. The Labute approximate surface area is 124 Å². The van der Waals surface area contributed by atoms with Crippen molar-refractivity contribution >= 4 is 17.5 Å². The average molecular weight is 299 g/mol. The summed E-state index contributed by atoms with van der Waals surface area (Å²) < 4.78 is 19.4. The molecule has 0 saturated heterocycles. The highest BCUT2D eigenvalue weighted by atomic mass is 32.2. The van der Waals surface area contributed by atoms with Crippen LogP contribution in [0.25, 0.3) is 0 Å². The van der Waals surface area contributed by atoms with Gasteiger partial charge in [-0.2, -0.15) is 11.8 Å². The molecule has 1 heterocycles. The van der Waals surface area contributed by atoms with Gasteiger partial charge in [-0.25, -0.2) is 9.37 Å². The van der Waals surface area contributed by atoms with Crippen molar-refractivity contribution in [1.29, 1.82) is 0 Å². The molecule has 0 bridgehead atoms. The van der Waals surface area contributed by atoms with Gasteiger partial charge in [-0.1, -0.05) is 20.8 Å². The average Bonchev–Trinajstić information content (AvgIpc) is 2.37. The molecule has 0 aliphatic rings. The molecule has 0 N–H and O–H groups in total. The maximum Gasteiger partial charge on any atom is 0.197 e. The Bertz CT molecular complexity index is 471. The van der Waals surface area contributed by atoms with Gasteiger partial charge in [-0.15, -0.1) is 0 Å². The summed E-state index contributed by atoms with van der Waals surface area (Å²) in [5, 5.41) is -0.269. The van der Waals surface area contributed by atoms with E-state index in [2.05, 4.69) is 25.8 Å². The number of hydrogen-bond donors (Lipinski definition) is 0. The van der Waals surface area contributed by atoms with E-state index in [0.29, 0.717) is 6.61 Å². The Kier molecular flexibility index (Phi) is 5.99. The summed E-state index contributed by atoms with van der Waals surface area (Å²) in [6, 6.07) is 1.22. The van der Waals surface area contributed by atoms with E-state index in [1.54, 1.807) is 6.92 Å². The number of nitrogens with zero attached hydrogens (tertiary/aromatic N) is 1. The molecule has 1 aromatic heterocycles. The van der Waals surface area contributed by atoms with Gasteiger partial charge in [-0.3, -0.25) is 4.79 Å². The molecule has 0 fully saturated rings. The minimum absolute atomic E-state index is 0.0253. The number of hydrogen-bond acceptors (Lipinski definition) is 4. The summed E-state index contributed by atoms with van der Waals surface area (Å²) in [4.78, 5) is 16.2. The van der Waals surface area contributed by atoms with Crippen LogP contribution in [-0.2, 0) is 0 Å². The molecule has 20 heavy (non-hydrogen) atoms. The van der Waals surface area contributed by atoms with Crippen LogP contribution >= 0.6 is 11.8 Å². The second-order valence-corrected chi connectivity index (χ2v) is 7.05. The zero-order chi connectivity index (χ0) is 15.3. The van der Waals surface area contributed by atoms with Crippen molar-refractivity contribution in [2.45, 2.75) is 39.4 Å². The summed E-state index contributed by atoms with van der Waals surface area (Å²) in [7, 11) is 0. The Morgan fingerprint density at radius 1 is 1.50 bits per heavy atom.